The first-order valence-electron chi connectivity index (χ1n) is 14.8. The highest BCUT2D eigenvalue weighted by molar-refractivity contribution is 5.61. The number of aromatic nitrogens is 1. The van der Waals surface area contributed by atoms with Gasteiger partial charge < -0.3 is 0 Å². The number of hydrogen-bond donors (Lipinski definition) is 0. The quantitative estimate of drug-likeness (QED) is 0.242. The fourth-order valence-electron chi connectivity index (χ4n) is 5.79. The van der Waals surface area contributed by atoms with Crippen LogP contribution in [-0.2, 0) is 6.42 Å². The minimum absolute atomic E-state index is 0.603. The van der Waals surface area contributed by atoms with Gasteiger partial charge in [-0.3, -0.25) is 0 Å². The van der Waals surface area contributed by atoms with E-state index >= 15 is 0 Å². The Morgan fingerprint density at radius 3 is 2.03 bits per heavy atom. The van der Waals surface area contributed by atoms with E-state index in [2.05, 4.69) is 56.3 Å². The Morgan fingerprint density at radius 1 is 0.743 bits per heavy atom. The van der Waals surface area contributed by atoms with Gasteiger partial charge >= 0.3 is 0 Å². The first kappa shape index (κ1) is 27.4. The number of unbranched alkanes of at least 4 members (excludes halogenated alkanes) is 9. The van der Waals surface area contributed by atoms with Gasteiger partial charge in [-0.05, 0) is 67.6 Å². The van der Waals surface area contributed by atoms with Gasteiger partial charge in [-0.25, -0.2) is 4.98 Å². The van der Waals surface area contributed by atoms with Gasteiger partial charge in [0.15, 0.2) is 0 Å². The fraction of sp³-hybridized carbons (Fsp3) is 0.636. The van der Waals surface area contributed by atoms with Gasteiger partial charge in [0.05, 0.1) is 5.69 Å². The van der Waals surface area contributed by atoms with Crippen LogP contribution in [0.25, 0.3) is 11.3 Å². The lowest BCUT2D eigenvalue weighted by molar-refractivity contribution is 0.302. The topological polar surface area (TPSA) is 36.7 Å². The van der Waals surface area contributed by atoms with E-state index in [0.717, 1.165) is 35.6 Å². The summed E-state index contributed by atoms with van der Waals surface area (Å²) in [6.07, 6.45) is 22.6. The Kier molecular flexibility index (Phi) is 12.4. The lowest BCUT2D eigenvalue weighted by atomic mass is 9.77. The smallest absolute Gasteiger partial charge is 0.144 e. The summed E-state index contributed by atoms with van der Waals surface area (Å²) in [6.45, 7) is 4.53. The van der Waals surface area contributed by atoms with Crippen molar-refractivity contribution in [3.63, 3.8) is 0 Å². The fourth-order valence-corrected chi connectivity index (χ4v) is 5.79. The van der Waals surface area contributed by atoms with Gasteiger partial charge in [-0.2, -0.15) is 5.26 Å². The molecule has 0 unspecified atom stereocenters. The third kappa shape index (κ3) is 9.10. The SMILES string of the molecule is CCCCCCCCC1CCC(c2ccc(-c3ccc(CCCCCCC)c(C#N)n3)cc2)CC1. The molecule has 0 aliphatic heterocycles. The summed E-state index contributed by atoms with van der Waals surface area (Å²) in [4.78, 5) is 4.72. The zero-order valence-corrected chi connectivity index (χ0v) is 22.5. The predicted octanol–water partition coefficient (Wildman–Crippen LogP) is 10.2. The Bertz CT molecular complexity index is 884. The molecule has 1 aromatic carbocycles. The van der Waals surface area contributed by atoms with Crippen LogP contribution in [0.1, 0.15) is 139 Å². The second-order valence-electron chi connectivity index (χ2n) is 10.9. The second-order valence-corrected chi connectivity index (χ2v) is 10.9. The molecule has 1 aliphatic carbocycles. The zero-order chi connectivity index (χ0) is 24.7. The molecular weight excluding hydrogens is 424 g/mol. The maximum Gasteiger partial charge on any atom is 0.144 e. The molecule has 3 rings (SSSR count). The maximum atomic E-state index is 9.66. The molecule has 1 aromatic heterocycles. The van der Waals surface area contributed by atoms with Crippen LogP contribution in [0.4, 0.5) is 0 Å². The minimum Gasteiger partial charge on any atom is -0.237 e. The molecule has 2 aromatic rings. The van der Waals surface area contributed by atoms with Crippen LogP contribution >= 0.6 is 0 Å². The summed E-state index contributed by atoms with van der Waals surface area (Å²) in [5.74, 6) is 1.66. The van der Waals surface area contributed by atoms with Gasteiger partial charge in [-0.1, -0.05) is 115 Å². The van der Waals surface area contributed by atoms with Gasteiger partial charge in [-0.15, -0.1) is 0 Å². The van der Waals surface area contributed by atoms with E-state index in [0.29, 0.717) is 11.6 Å². The average molecular weight is 473 g/mol. The number of nitrogens with zero attached hydrogens (tertiary/aromatic N) is 2. The number of nitriles is 1. The molecule has 2 heteroatoms. The Morgan fingerprint density at radius 2 is 1.37 bits per heavy atom. The predicted molar refractivity (Wildman–Crippen MR) is 150 cm³/mol. The monoisotopic (exact) mass is 472 g/mol. The molecule has 0 saturated heterocycles. The maximum absolute atomic E-state index is 9.66. The lowest BCUT2D eigenvalue weighted by Crippen LogP contribution is -2.13. The van der Waals surface area contributed by atoms with Crippen LogP contribution in [0.15, 0.2) is 36.4 Å². The normalized spacial score (nSPS) is 17.9. The van der Waals surface area contributed by atoms with Crippen molar-refractivity contribution in [2.75, 3.05) is 0 Å². The third-order valence-corrected chi connectivity index (χ3v) is 8.12. The molecule has 0 bridgehead atoms. The van der Waals surface area contributed by atoms with Crippen molar-refractivity contribution in [2.45, 2.75) is 129 Å². The Labute approximate surface area is 215 Å². The van der Waals surface area contributed by atoms with Crippen molar-refractivity contribution >= 4 is 0 Å². The molecule has 0 spiro atoms. The molecule has 190 valence electrons. The van der Waals surface area contributed by atoms with Crippen molar-refractivity contribution in [3.05, 3.63) is 53.2 Å². The summed E-state index contributed by atoms with van der Waals surface area (Å²) >= 11 is 0. The van der Waals surface area contributed by atoms with Crippen LogP contribution < -0.4 is 0 Å². The average Bonchev–Trinajstić information content (AvgIpc) is 2.91. The highest BCUT2D eigenvalue weighted by Gasteiger charge is 2.22. The first-order valence-corrected chi connectivity index (χ1v) is 14.8. The Hall–Kier alpha value is -2.14. The van der Waals surface area contributed by atoms with Gasteiger partial charge in [0.1, 0.15) is 11.8 Å². The molecule has 0 atom stereocenters. The second kappa shape index (κ2) is 15.8. The molecule has 0 amide bonds. The van der Waals surface area contributed by atoms with Crippen molar-refractivity contribution in [3.8, 4) is 17.3 Å². The lowest BCUT2D eigenvalue weighted by Gasteiger charge is -2.29. The number of pyridine rings is 1. The molecule has 0 N–H and O–H groups in total. The van der Waals surface area contributed by atoms with Crippen LogP contribution in [0.5, 0.6) is 0 Å². The summed E-state index contributed by atoms with van der Waals surface area (Å²) in [5.41, 5.74) is 5.23. The van der Waals surface area contributed by atoms with E-state index in [9.17, 15) is 5.26 Å². The largest absolute Gasteiger partial charge is 0.237 e. The molecule has 35 heavy (non-hydrogen) atoms. The van der Waals surface area contributed by atoms with Crippen molar-refractivity contribution in [1.82, 2.24) is 4.98 Å². The van der Waals surface area contributed by atoms with Crippen molar-refractivity contribution < 1.29 is 0 Å². The van der Waals surface area contributed by atoms with E-state index in [1.54, 1.807) is 0 Å². The summed E-state index contributed by atoms with van der Waals surface area (Å²) in [5, 5.41) is 9.66. The number of hydrogen-bond acceptors (Lipinski definition) is 2. The molecule has 1 aliphatic rings. The summed E-state index contributed by atoms with van der Waals surface area (Å²) in [7, 11) is 0. The standard InChI is InChI=1S/C33H48N2/c1-3-5-7-9-11-12-14-27-16-18-28(19-17-27)29-20-22-31(23-21-29)32-25-24-30(33(26-34)35-32)15-13-10-8-6-4-2/h20-25,27-28H,3-19H2,1-2H3. The minimum atomic E-state index is 0.603. The van der Waals surface area contributed by atoms with E-state index < -0.39 is 0 Å². The highest BCUT2D eigenvalue weighted by atomic mass is 14.7. The van der Waals surface area contributed by atoms with Crippen LogP contribution in [0.2, 0.25) is 0 Å². The number of benzene rings is 1. The van der Waals surface area contributed by atoms with E-state index in [1.807, 2.05) is 0 Å². The zero-order valence-electron chi connectivity index (χ0n) is 22.5. The molecule has 1 fully saturated rings. The number of aryl methyl sites for hydroxylation is 1. The highest BCUT2D eigenvalue weighted by Crippen LogP contribution is 2.38. The molecular formula is C33H48N2. The summed E-state index contributed by atoms with van der Waals surface area (Å²) in [6, 6.07) is 15.6. The molecule has 1 heterocycles. The molecule has 0 radical (unpaired) electrons. The van der Waals surface area contributed by atoms with Gasteiger partial charge in [0.2, 0.25) is 0 Å². The van der Waals surface area contributed by atoms with E-state index in [4.69, 9.17) is 4.98 Å². The van der Waals surface area contributed by atoms with E-state index in [1.165, 1.54) is 102 Å². The van der Waals surface area contributed by atoms with Crippen molar-refractivity contribution in [2.24, 2.45) is 5.92 Å². The molecule has 1 saturated carbocycles. The first-order chi connectivity index (χ1) is 17.2. The van der Waals surface area contributed by atoms with Gasteiger partial charge in [0.25, 0.3) is 0 Å². The molecule has 2 nitrogen and oxygen atoms in total. The van der Waals surface area contributed by atoms with Crippen LogP contribution in [-0.4, -0.2) is 4.98 Å². The Balaban J connectivity index is 1.47. The number of rotatable bonds is 15. The van der Waals surface area contributed by atoms with Crippen molar-refractivity contribution in [1.29, 1.82) is 5.26 Å². The van der Waals surface area contributed by atoms with Gasteiger partial charge in [0, 0.05) is 5.56 Å². The van der Waals surface area contributed by atoms with Crippen LogP contribution in [0, 0.1) is 17.2 Å². The third-order valence-electron chi connectivity index (χ3n) is 8.12. The summed E-state index contributed by atoms with van der Waals surface area (Å²) < 4.78 is 0. The van der Waals surface area contributed by atoms with E-state index in [-0.39, 0.29) is 0 Å². The van der Waals surface area contributed by atoms with Crippen LogP contribution in [0.3, 0.4) is 0 Å².